The zero-order valence-corrected chi connectivity index (χ0v) is 11.5. The third-order valence-electron chi connectivity index (χ3n) is 3.96. The van der Waals surface area contributed by atoms with Crippen LogP contribution in [0.25, 0.3) is 0 Å². The molecule has 1 aliphatic carbocycles. The van der Waals surface area contributed by atoms with Crippen molar-refractivity contribution in [2.45, 2.75) is 33.2 Å². The minimum Gasteiger partial charge on any atom is -0.341 e. The average molecular weight is 246 g/mol. The second kappa shape index (κ2) is 4.73. The topological polar surface area (TPSA) is 46.3 Å². The first-order valence-corrected chi connectivity index (χ1v) is 6.50. The van der Waals surface area contributed by atoms with Crippen LogP contribution in [0.5, 0.6) is 0 Å². The number of nitrogens with two attached hydrogens (primary N) is 1. The van der Waals surface area contributed by atoms with Crippen molar-refractivity contribution in [2.75, 3.05) is 13.6 Å². The molecule has 18 heavy (non-hydrogen) atoms. The number of hydrogen-bond acceptors (Lipinski definition) is 2. The highest BCUT2D eigenvalue weighted by Gasteiger charge is 2.49. The third-order valence-corrected chi connectivity index (χ3v) is 3.96. The molecule has 0 bridgehead atoms. The lowest BCUT2D eigenvalue weighted by Crippen LogP contribution is -2.37. The molecule has 0 spiro atoms. The fraction of sp³-hybridized carbons (Fsp3) is 0.533. The number of hydrogen-bond donors (Lipinski definition) is 1. The summed E-state index contributed by atoms with van der Waals surface area (Å²) in [6.07, 6.45) is 1.89. The van der Waals surface area contributed by atoms with Crippen LogP contribution >= 0.6 is 0 Å². The van der Waals surface area contributed by atoms with Gasteiger partial charge in [0.05, 0.1) is 5.41 Å². The number of rotatable bonds is 4. The number of nitrogens with zero attached hydrogens (tertiary/aromatic N) is 1. The monoisotopic (exact) mass is 246 g/mol. The number of amides is 1. The quantitative estimate of drug-likeness (QED) is 0.883. The van der Waals surface area contributed by atoms with Gasteiger partial charge in [0, 0.05) is 20.1 Å². The Morgan fingerprint density at radius 1 is 1.39 bits per heavy atom. The molecule has 1 aliphatic rings. The Morgan fingerprint density at radius 2 is 2.06 bits per heavy atom. The molecule has 1 aromatic carbocycles. The molecule has 1 amide bonds. The van der Waals surface area contributed by atoms with Crippen molar-refractivity contribution in [2.24, 2.45) is 11.1 Å². The molecule has 1 saturated carbocycles. The van der Waals surface area contributed by atoms with Crippen LogP contribution in [-0.4, -0.2) is 24.4 Å². The van der Waals surface area contributed by atoms with Crippen molar-refractivity contribution in [3.63, 3.8) is 0 Å². The molecule has 3 nitrogen and oxygen atoms in total. The van der Waals surface area contributed by atoms with Crippen LogP contribution in [0.15, 0.2) is 18.2 Å². The van der Waals surface area contributed by atoms with E-state index < -0.39 is 0 Å². The van der Waals surface area contributed by atoms with Crippen molar-refractivity contribution in [3.05, 3.63) is 34.9 Å². The Bertz CT molecular complexity index is 464. The molecular formula is C15H22N2O. The van der Waals surface area contributed by atoms with Crippen LogP contribution in [-0.2, 0) is 11.3 Å². The minimum absolute atomic E-state index is 0.200. The van der Waals surface area contributed by atoms with E-state index in [9.17, 15) is 4.79 Å². The van der Waals surface area contributed by atoms with Crippen molar-refractivity contribution in [1.82, 2.24) is 4.90 Å². The van der Waals surface area contributed by atoms with Gasteiger partial charge in [-0.3, -0.25) is 4.79 Å². The third kappa shape index (κ3) is 2.41. The van der Waals surface area contributed by atoms with Crippen LogP contribution in [0.2, 0.25) is 0 Å². The van der Waals surface area contributed by atoms with Crippen molar-refractivity contribution in [1.29, 1.82) is 0 Å². The van der Waals surface area contributed by atoms with Gasteiger partial charge in [-0.2, -0.15) is 0 Å². The molecule has 0 aliphatic heterocycles. The van der Waals surface area contributed by atoms with Crippen LogP contribution in [0.4, 0.5) is 0 Å². The highest BCUT2D eigenvalue weighted by atomic mass is 16.2. The average Bonchev–Trinajstić information content (AvgIpc) is 3.14. The van der Waals surface area contributed by atoms with Gasteiger partial charge in [-0.05, 0) is 37.8 Å². The maximum Gasteiger partial charge on any atom is 0.230 e. The summed E-state index contributed by atoms with van der Waals surface area (Å²) in [5, 5.41) is 0. The van der Waals surface area contributed by atoms with Crippen LogP contribution in [0.3, 0.4) is 0 Å². The van der Waals surface area contributed by atoms with Crippen LogP contribution in [0, 0.1) is 19.3 Å². The standard InChI is InChI=1S/C15H22N2O/c1-11-4-5-12(2)13(8-11)9-17(3)14(18)15(10-16)6-7-15/h4-5,8H,6-7,9-10,16H2,1-3H3. The first-order chi connectivity index (χ1) is 8.48. The van der Waals surface area contributed by atoms with E-state index in [0.717, 1.165) is 12.8 Å². The van der Waals surface area contributed by atoms with E-state index in [1.54, 1.807) is 0 Å². The number of carbonyl (C=O) groups is 1. The normalized spacial score (nSPS) is 16.4. The van der Waals surface area contributed by atoms with E-state index in [0.29, 0.717) is 13.1 Å². The maximum atomic E-state index is 12.3. The molecule has 1 aromatic rings. The highest BCUT2D eigenvalue weighted by molar-refractivity contribution is 5.85. The highest BCUT2D eigenvalue weighted by Crippen LogP contribution is 2.46. The zero-order valence-electron chi connectivity index (χ0n) is 11.5. The summed E-state index contributed by atoms with van der Waals surface area (Å²) in [7, 11) is 1.87. The Balaban J connectivity index is 2.09. The molecule has 0 heterocycles. The summed E-state index contributed by atoms with van der Waals surface area (Å²) in [6, 6.07) is 6.36. The largest absolute Gasteiger partial charge is 0.341 e. The summed E-state index contributed by atoms with van der Waals surface area (Å²) >= 11 is 0. The van der Waals surface area contributed by atoms with Gasteiger partial charge in [-0.25, -0.2) is 0 Å². The van der Waals surface area contributed by atoms with Gasteiger partial charge < -0.3 is 10.6 Å². The Hall–Kier alpha value is -1.35. The van der Waals surface area contributed by atoms with Crippen molar-refractivity contribution >= 4 is 5.91 Å². The predicted octanol–water partition coefficient (Wildman–Crippen LogP) is 2.00. The van der Waals surface area contributed by atoms with E-state index in [1.807, 2.05) is 11.9 Å². The molecule has 0 unspecified atom stereocenters. The van der Waals surface area contributed by atoms with E-state index in [1.165, 1.54) is 16.7 Å². The van der Waals surface area contributed by atoms with Crippen molar-refractivity contribution in [3.8, 4) is 0 Å². The maximum absolute atomic E-state index is 12.3. The fourth-order valence-corrected chi connectivity index (χ4v) is 2.36. The lowest BCUT2D eigenvalue weighted by atomic mass is 10.0. The molecule has 0 radical (unpaired) electrons. The summed E-state index contributed by atoms with van der Waals surface area (Å²) < 4.78 is 0. The van der Waals surface area contributed by atoms with Crippen molar-refractivity contribution < 1.29 is 4.79 Å². The Kier molecular flexibility index (Phi) is 3.44. The molecule has 0 atom stereocenters. The summed E-state index contributed by atoms with van der Waals surface area (Å²) in [5.41, 5.74) is 9.15. The fourth-order valence-electron chi connectivity index (χ4n) is 2.36. The SMILES string of the molecule is Cc1ccc(C)c(CN(C)C(=O)C2(CN)CC2)c1. The number of carbonyl (C=O) groups excluding carboxylic acids is 1. The van der Waals surface area contributed by atoms with E-state index in [-0.39, 0.29) is 11.3 Å². The molecular weight excluding hydrogens is 224 g/mol. The Labute approximate surface area is 109 Å². The van der Waals surface area contributed by atoms with Gasteiger partial charge in [0.2, 0.25) is 5.91 Å². The van der Waals surface area contributed by atoms with Gasteiger partial charge in [-0.1, -0.05) is 23.8 Å². The molecule has 0 saturated heterocycles. The number of aryl methyl sites for hydroxylation is 2. The van der Waals surface area contributed by atoms with Gasteiger partial charge in [-0.15, -0.1) is 0 Å². The first kappa shape index (κ1) is 13.1. The van der Waals surface area contributed by atoms with Gasteiger partial charge in [0.1, 0.15) is 0 Å². The van der Waals surface area contributed by atoms with E-state index in [4.69, 9.17) is 5.73 Å². The molecule has 3 heteroatoms. The second-order valence-electron chi connectivity index (χ2n) is 5.58. The summed E-state index contributed by atoms with van der Waals surface area (Å²) in [5.74, 6) is 0.200. The lowest BCUT2D eigenvalue weighted by Gasteiger charge is -2.23. The first-order valence-electron chi connectivity index (χ1n) is 6.50. The Morgan fingerprint density at radius 3 is 2.61 bits per heavy atom. The van der Waals surface area contributed by atoms with E-state index in [2.05, 4.69) is 32.0 Å². The predicted molar refractivity (Wildman–Crippen MR) is 73.1 cm³/mol. The molecule has 0 aromatic heterocycles. The van der Waals surface area contributed by atoms with Gasteiger partial charge in [0.25, 0.3) is 0 Å². The molecule has 98 valence electrons. The van der Waals surface area contributed by atoms with Crippen LogP contribution < -0.4 is 5.73 Å². The summed E-state index contributed by atoms with van der Waals surface area (Å²) in [4.78, 5) is 14.1. The van der Waals surface area contributed by atoms with Gasteiger partial charge in [0.15, 0.2) is 0 Å². The lowest BCUT2D eigenvalue weighted by molar-refractivity contribution is -0.135. The zero-order chi connectivity index (χ0) is 13.3. The molecule has 2 rings (SSSR count). The van der Waals surface area contributed by atoms with Gasteiger partial charge >= 0.3 is 0 Å². The molecule has 2 N–H and O–H groups in total. The minimum atomic E-state index is -0.244. The van der Waals surface area contributed by atoms with E-state index >= 15 is 0 Å². The smallest absolute Gasteiger partial charge is 0.230 e. The summed E-state index contributed by atoms with van der Waals surface area (Å²) in [6.45, 7) is 5.31. The molecule has 1 fully saturated rings. The number of benzene rings is 1. The second-order valence-corrected chi connectivity index (χ2v) is 5.58. The van der Waals surface area contributed by atoms with Crippen LogP contribution in [0.1, 0.15) is 29.5 Å².